The van der Waals surface area contributed by atoms with Crippen molar-refractivity contribution in [2.45, 2.75) is 65.2 Å². The van der Waals surface area contributed by atoms with Crippen LogP contribution in [0.2, 0.25) is 0 Å². The lowest BCUT2D eigenvalue weighted by atomic mass is 10.1. The van der Waals surface area contributed by atoms with Crippen molar-refractivity contribution in [3.8, 4) is 5.69 Å². The highest BCUT2D eigenvalue weighted by Crippen LogP contribution is 2.12. The number of hydrogen-bond acceptors (Lipinski definition) is 5. The minimum absolute atomic E-state index is 0.0384. The van der Waals surface area contributed by atoms with E-state index in [4.69, 9.17) is 9.47 Å². The molecule has 1 aromatic carbocycles. The standard InChI is InChI=1S/C21H29N3O5/c1-20(2,3)28-18(26)16(23-19(27)29-21(4,5)6)12-14-13-22-24(17(14)25)15-10-8-7-9-11-15/h7-11,13,16,22H,12H2,1-6H3,(H,23,27)/t16-/m0/s1. The molecule has 2 N–H and O–H groups in total. The van der Waals surface area contributed by atoms with Crippen LogP contribution in [0.15, 0.2) is 41.3 Å². The third-order valence-electron chi connectivity index (χ3n) is 3.67. The smallest absolute Gasteiger partial charge is 0.408 e. The molecule has 0 radical (unpaired) electrons. The van der Waals surface area contributed by atoms with E-state index in [1.807, 2.05) is 18.2 Å². The summed E-state index contributed by atoms with van der Waals surface area (Å²) in [6.45, 7) is 10.4. The molecule has 0 bridgehead atoms. The van der Waals surface area contributed by atoms with E-state index >= 15 is 0 Å². The molecule has 0 aliphatic heterocycles. The highest BCUT2D eigenvalue weighted by Gasteiger charge is 2.30. The van der Waals surface area contributed by atoms with Crippen LogP contribution in [-0.4, -0.2) is 39.1 Å². The fourth-order valence-electron chi connectivity index (χ4n) is 2.56. The summed E-state index contributed by atoms with van der Waals surface area (Å²) in [5.74, 6) is -0.643. The number of carbonyl (C=O) groups is 2. The highest BCUT2D eigenvalue weighted by molar-refractivity contribution is 5.82. The fourth-order valence-corrected chi connectivity index (χ4v) is 2.56. The van der Waals surface area contributed by atoms with Gasteiger partial charge < -0.3 is 14.8 Å². The summed E-state index contributed by atoms with van der Waals surface area (Å²) in [5, 5.41) is 5.41. The molecule has 158 valence electrons. The molecular formula is C21H29N3O5. The lowest BCUT2D eigenvalue weighted by molar-refractivity contribution is -0.157. The van der Waals surface area contributed by atoms with Crippen molar-refractivity contribution >= 4 is 12.1 Å². The van der Waals surface area contributed by atoms with Crippen LogP contribution >= 0.6 is 0 Å². The predicted octanol–water partition coefficient (Wildman–Crippen LogP) is 2.94. The van der Waals surface area contributed by atoms with Gasteiger partial charge in [0.1, 0.15) is 17.2 Å². The molecule has 1 heterocycles. The molecular weight excluding hydrogens is 374 g/mol. The topological polar surface area (TPSA) is 102 Å². The van der Waals surface area contributed by atoms with E-state index in [-0.39, 0.29) is 12.0 Å². The zero-order chi connectivity index (χ0) is 21.8. The molecule has 0 saturated heterocycles. The van der Waals surface area contributed by atoms with E-state index in [0.29, 0.717) is 11.3 Å². The number of nitrogens with zero attached hydrogens (tertiary/aromatic N) is 1. The predicted molar refractivity (Wildman–Crippen MR) is 109 cm³/mol. The average molecular weight is 403 g/mol. The van der Waals surface area contributed by atoms with E-state index in [2.05, 4.69) is 10.4 Å². The van der Waals surface area contributed by atoms with Crippen LogP contribution in [0.4, 0.5) is 4.79 Å². The van der Waals surface area contributed by atoms with Crippen molar-refractivity contribution in [3.05, 3.63) is 52.4 Å². The van der Waals surface area contributed by atoms with E-state index in [1.54, 1.807) is 53.7 Å². The van der Waals surface area contributed by atoms with Gasteiger partial charge in [-0.2, -0.15) is 0 Å². The molecule has 0 unspecified atom stereocenters. The normalized spacial score (nSPS) is 12.9. The van der Waals surface area contributed by atoms with Crippen LogP contribution in [0.1, 0.15) is 47.1 Å². The Hall–Kier alpha value is -3.03. The van der Waals surface area contributed by atoms with E-state index in [0.717, 1.165) is 0 Å². The van der Waals surface area contributed by atoms with Gasteiger partial charge in [-0.05, 0) is 53.7 Å². The van der Waals surface area contributed by atoms with Crippen LogP contribution < -0.4 is 10.9 Å². The summed E-state index contributed by atoms with van der Waals surface area (Å²) in [4.78, 5) is 37.6. The van der Waals surface area contributed by atoms with Crippen molar-refractivity contribution in [3.63, 3.8) is 0 Å². The second-order valence-corrected chi connectivity index (χ2v) is 8.71. The van der Waals surface area contributed by atoms with Gasteiger partial charge >= 0.3 is 12.1 Å². The number of nitrogens with one attached hydrogen (secondary N) is 2. The first-order valence-electron chi connectivity index (χ1n) is 9.43. The summed E-state index contributed by atoms with van der Waals surface area (Å²) in [6, 6.07) is 7.97. The van der Waals surface area contributed by atoms with Gasteiger partial charge in [0.15, 0.2) is 0 Å². The molecule has 8 heteroatoms. The number of para-hydroxylation sites is 1. The molecule has 2 rings (SSSR count). The van der Waals surface area contributed by atoms with Gasteiger partial charge in [-0.1, -0.05) is 18.2 Å². The monoisotopic (exact) mass is 403 g/mol. The maximum atomic E-state index is 12.8. The third kappa shape index (κ3) is 6.81. The van der Waals surface area contributed by atoms with Gasteiger partial charge in [-0.15, -0.1) is 0 Å². The Balaban J connectivity index is 2.25. The van der Waals surface area contributed by atoms with Crippen LogP contribution in [0.5, 0.6) is 0 Å². The summed E-state index contributed by atoms with van der Waals surface area (Å²) < 4.78 is 12.0. The Labute approximate surface area is 170 Å². The quantitative estimate of drug-likeness (QED) is 0.747. The molecule has 29 heavy (non-hydrogen) atoms. The van der Waals surface area contributed by atoms with E-state index in [1.165, 1.54) is 10.9 Å². The number of aromatic nitrogens is 2. The Kier molecular flexibility index (Phi) is 6.56. The lowest BCUT2D eigenvalue weighted by Gasteiger charge is -2.26. The number of H-pyrrole nitrogens is 1. The Morgan fingerprint density at radius 1 is 1.03 bits per heavy atom. The maximum absolute atomic E-state index is 12.8. The molecule has 1 amide bonds. The van der Waals surface area contributed by atoms with Crippen molar-refractivity contribution in [1.82, 2.24) is 15.1 Å². The fraction of sp³-hybridized carbons (Fsp3) is 0.476. The van der Waals surface area contributed by atoms with Crippen LogP contribution in [0.3, 0.4) is 0 Å². The van der Waals surface area contributed by atoms with Crippen LogP contribution in [0.25, 0.3) is 5.69 Å². The van der Waals surface area contributed by atoms with E-state index in [9.17, 15) is 14.4 Å². The number of carbonyl (C=O) groups excluding carboxylic acids is 2. The molecule has 8 nitrogen and oxygen atoms in total. The molecule has 2 aromatic rings. The largest absolute Gasteiger partial charge is 0.458 e. The molecule has 1 aromatic heterocycles. The summed E-state index contributed by atoms with van der Waals surface area (Å²) >= 11 is 0. The molecule has 1 atom stereocenters. The molecule has 0 fully saturated rings. The lowest BCUT2D eigenvalue weighted by Crippen LogP contribution is -2.47. The molecule has 0 saturated carbocycles. The van der Waals surface area contributed by atoms with Gasteiger partial charge in [0, 0.05) is 18.2 Å². The number of benzene rings is 1. The van der Waals surface area contributed by atoms with Crippen molar-refractivity contribution in [1.29, 1.82) is 0 Å². The van der Waals surface area contributed by atoms with Gasteiger partial charge in [0.05, 0.1) is 5.69 Å². The number of ether oxygens (including phenoxy) is 2. The molecule has 0 spiro atoms. The SMILES string of the molecule is CC(C)(C)OC(=O)N[C@@H](Cc1c[nH]n(-c2ccccc2)c1=O)C(=O)OC(C)(C)C. The van der Waals surface area contributed by atoms with Gasteiger partial charge in [0.25, 0.3) is 5.56 Å². The highest BCUT2D eigenvalue weighted by atomic mass is 16.6. The summed E-state index contributed by atoms with van der Waals surface area (Å²) in [5.41, 5.74) is -0.779. The first kappa shape index (κ1) is 22.3. The number of esters is 1. The number of alkyl carbamates (subject to hydrolysis) is 1. The van der Waals surface area contributed by atoms with Crippen LogP contribution in [0, 0.1) is 0 Å². The first-order valence-corrected chi connectivity index (χ1v) is 9.43. The number of hydrogen-bond donors (Lipinski definition) is 2. The summed E-state index contributed by atoms with van der Waals surface area (Å²) in [6.07, 6.45) is 0.722. The summed E-state index contributed by atoms with van der Waals surface area (Å²) in [7, 11) is 0. The molecule has 0 aliphatic rings. The maximum Gasteiger partial charge on any atom is 0.408 e. The second-order valence-electron chi connectivity index (χ2n) is 8.71. The zero-order valence-corrected chi connectivity index (χ0v) is 17.7. The minimum Gasteiger partial charge on any atom is -0.458 e. The van der Waals surface area contributed by atoms with Crippen LogP contribution in [-0.2, 0) is 20.7 Å². The van der Waals surface area contributed by atoms with Gasteiger partial charge in [0.2, 0.25) is 0 Å². The van der Waals surface area contributed by atoms with E-state index < -0.39 is 29.3 Å². The second kappa shape index (κ2) is 8.55. The minimum atomic E-state index is -1.07. The first-order chi connectivity index (χ1) is 13.4. The zero-order valence-electron chi connectivity index (χ0n) is 17.7. The van der Waals surface area contributed by atoms with Crippen molar-refractivity contribution < 1.29 is 19.1 Å². The van der Waals surface area contributed by atoms with Crippen molar-refractivity contribution in [2.75, 3.05) is 0 Å². The van der Waals surface area contributed by atoms with Crippen molar-refractivity contribution in [2.24, 2.45) is 0 Å². The number of rotatable bonds is 5. The number of aromatic amines is 1. The Morgan fingerprint density at radius 3 is 2.17 bits per heavy atom. The van der Waals surface area contributed by atoms with Gasteiger partial charge in [-0.25, -0.2) is 14.3 Å². The third-order valence-corrected chi connectivity index (χ3v) is 3.67. The molecule has 0 aliphatic carbocycles. The Morgan fingerprint density at radius 2 is 1.62 bits per heavy atom. The van der Waals surface area contributed by atoms with Gasteiger partial charge in [-0.3, -0.25) is 9.89 Å². The average Bonchev–Trinajstić information content (AvgIpc) is 2.92. The number of amides is 1. The Bertz CT molecular complexity index is 901.